The smallest absolute Gasteiger partial charge is 0.328 e. The molecule has 0 bridgehead atoms. The lowest BCUT2D eigenvalue weighted by Crippen LogP contribution is -2.43. The molecule has 188 valence electrons. The number of para-hydroxylation sites is 1. The van der Waals surface area contributed by atoms with Crippen LogP contribution in [0.4, 0.5) is 0 Å². The molecule has 1 amide bonds. The first-order valence-corrected chi connectivity index (χ1v) is 10.9. The average molecular weight is 487 g/mol. The fourth-order valence-corrected chi connectivity index (χ4v) is 2.92. The van der Waals surface area contributed by atoms with Crippen molar-refractivity contribution in [1.82, 2.24) is 10.3 Å². The Hall–Kier alpha value is -4.08. The molecular formula is C25H30N2O8. The lowest BCUT2D eigenvalue weighted by Gasteiger charge is -2.25. The fraction of sp³-hybridized carbons (Fsp3) is 0.360. The Morgan fingerprint density at radius 1 is 1.14 bits per heavy atom. The Kier molecular flexibility index (Phi) is 10.5. The second-order valence-electron chi connectivity index (χ2n) is 7.42. The molecule has 0 aliphatic heterocycles. The molecule has 2 aromatic rings. The molecular weight excluding hydrogens is 456 g/mol. The van der Waals surface area contributed by atoms with Crippen LogP contribution < -0.4 is 19.5 Å². The molecule has 10 nitrogen and oxygen atoms in total. The first-order valence-electron chi connectivity index (χ1n) is 10.9. The molecule has 0 unspecified atom stereocenters. The van der Waals surface area contributed by atoms with Crippen LogP contribution in [-0.2, 0) is 19.1 Å². The number of hydrogen-bond acceptors (Lipinski definition) is 9. The zero-order valence-electron chi connectivity index (χ0n) is 20.2. The number of carbonyl (C=O) groups is 3. The summed E-state index contributed by atoms with van der Waals surface area (Å²) in [6.07, 6.45) is 2.37. The van der Waals surface area contributed by atoms with Gasteiger partial charge in [-0.05, 0) is 26.0 Å². The third kappa shape index (κ3) is 8.33. The molecule has 0 saturated heterocycles. The third-order valence-corrected chi connectivity index (χ3v) is 4.73. The normalized spacial score (nSPS) is 12.9. The molecule has 3 atom stereocenters. The van der Waals surface area contributed by atoms with E-state index in [0.29, 0.717) is 12.2 Å². The van der Waals surface area contributed by atoms with E-state index in [1.807, 2.05) is 18.2 Å². The molecule has 1 aromatic carbocycles. The van der Waals surface area contributed by atoms with Crippen molar-refractivity contribution in [2.75, 3.05) is 13.9 Å². The zero-order valence-corrected chi connectivity index (χ0v) is 20.2. The first kappa shape index (κ1) is 27.2. The molecule has 1 N–H and O–H groups in total. The molecule has 0 aliphatic rings. The quantitative estimate of drug-likeness (QED) is 0.258. The topological polar surface area (TPSA) is 122 Å². The summed E-state index contributed by atoms with van der Waals surface area (Å²) in [6, 6.07) is 9.61. The minimum Gasteiger partial charge on any atom is -0.493 e. The molecule has 0 spiro atoms. The second kappa shape index (κ2) is 13.6. The number of ether oxygens (including phenoxy) is 5. The molecule has 0 radical (unpaired) electrons. The maximum atomic E-state index is 12.8. The Morgan fingerprint density at radius 2 is 1.86 bits per heavy atom. The number of amides is 1. The van der Waals surface area contributed by atoms with Crippen molar-refractivity contribution >= 4 is 17.8 Å². The largest absolute Gasteiger partial charge is 0.493 e. The van der Waals surface area contributed by atoms with Crippen LogP contribution in [0.25, 0.3) is 0 Å². The summed E-state index contributed by atoms with van der Waals surface area (Å²) in [6.45, 7) is 7.69. The summed E-state index contributed by atoms with van der Waals surface area (Å²) >= 11 is 0. The molecule has 10 heteroatoms. The standard InChI is InChI=1S/C25H30N2O8/c1-6-10-20(35-19-11-8-7-9-12-19)17(3)34-25(30)16(2)27-24(29)22-23(33-15-32-18(4)28)21(31-5)13-14-26-22/h6-9,11-14,16-17,20H,1,10,15H2,2-5H3,(H,27,29)/t16-,17-,20+/m0/s1. The maximum absolute atomic E-state index is 12.8. The highest BCUT2D eigenvalue weighted by Crippen LogP contribution is 2.29. The molecule has 0 aliphatic carbocycles. The van der Waals surface area contributed by atoms with Gasteiger partial charge in [-0.2, -0.15) is 0 Å². The van der Waals surface area contributed by atoms with E-state index in [2.05, 4.69) is 16.9 Å². The molecule has 0 fully saturated rings. The Labute approximate surface area is 204 Å². The SMILES string of the molecule is C=CC[C@@H](Oc1ccccc1)[C@H](C)OC(=O)[C@H](C)NC(=O)c1nccc(OC)c1OCOC(C)=O. The van der Waals surface area contributed by atoms with E-state index in [4.69, 9.17) is 23.7 Å². The van der Waals surface area contributed by atoms with E-state index in [1.54, 1.807) is 25.1 Å². The number of rotatable bonds is 13. The monoisotopic (exact) mass is 486 g/mol. The van der Waals surface area contributed by atoms with E-state index in [1.165, 1.54) is 33.2 Å². The minimum absolute atomic E-state index is 0.0370. The Balaban J connectivity index is 2.05. The van der Waals surface area contributed by atoms with Gasteiger partial charge in [-0.25, -0.2) is 9.78 Å². The van der Waals surface area contributed by atoms with Gasteiger partial charge in [0.1, 0.15) is 24.0 Å². The summed E-state index contributed by atoms with van der Waals surface area (Å²) < 4.78 is 26.8. The second-order valence-corrected chi connectivity index (χ2v) is 7.42. The highest BCUT2D eigenvalue weighted by atomic mass is 16.7. The third-order valence-electron chi connectivity index (χ3n) is 4.73. The van der Waals surface area contributed by atoms with Crippen LogP contribution in [0.2, 0.25) is 0 Å². The van der Waals surface area contributed by atoms with E-state index in [0.717, 1.165) is 0 Å². The summed E-state index contributed by atoms with van der Waals surface area (Å²) in [7, 11) is 1.38. The van der Waals surface area contributed by atoms with Crippen molar-refractivity contribution in [1.29, 1.82) is 0 Å². The lowest BCUT2D eigenvalue weighted by molar-refractivity contribution is -0.154. The van der Waals surface area contributed by atoms with Crippen molar-refractivity contribution in [3.63, 3.8) is 0 Å². The number of aromatic nitrogens is 1. The van der Waals surface area contributed by atoms with Gasteiger partial charge in [0.25, 0.3) is 5.91 Å². The van der Waals surface area contributed by atoms with Gasteiger partial charge in [0, 0.05) is 25.6 Å². The van der Waals surface area contributed by atoms with Gasteiger partial charge in [0.05, 0.1) is 7.11 Å². The van der Waals surface area contributed by atoms with Crippen molar-refractivity contribution in [3.8, 4) is 17.2 Å². The number of benzene rings is 1. The summed E-state index contributed by atoms with van der Waals surface area (Å²) in [5.41, 5.74) is -0.152. The predicted octanol–water partition coefficient (Wildman–Crippen LogP) is 3.06. The van der Waals surface area contributed by atoms with Crippen LogP contribution in [0, 0.1) is 0 Å². The predicted molar refractivity (Wildman–Crippen MR) is 126 cm³/mol. The molecule has 2 rings (SSSR count). The zero-order chi connectivity index (χ0) is 25.8. The van der Waals surface area contributed by atoms with E-state index in [-0.39, 0.29) is 17.2 Å². The number of hydrogen-bond donors (Lipinski definition) is 1. The van der Waals surface area contributed by atoms with Gasteiger partial charge >= 0.3 is 11.9 Å². The number of nitrogens with zero attached hydrogens (tertiary/aromatic N) is 1. The van der Waals surface area contributed by atoms with Crippen LogP contribution in [-0.4, -0.2) is 55.0 Å². The first-order chi connectivity index (χ1) is 16.8. The molecule has 1 aromatic heterocycles. The minimum atomic E-state index is -1.01. The van der Waals surface area contributed by atoms with Gasteiger partial charge < -0.3 is 29.0 Å². The van der Waals surface area contributed by atoms with Gasteiger partial charge in [-0.15, -0.1) is 6.58 Å². The maximum Gasteiger partial charge on any atom is 0.328 e. The van der Waals surface area contributed by atoms with Crippen LogP contribution in [0.3, 0.4) is 0 Å². The van der Waals surface area contributed by atoms with E-state index in [9.17, 15) is 14.4 Å². The fourth-order valence-electron chi connectivity index (χ4n) is 2.92. The van der Waals surface area contributed by atoms with Crippen molar-refractivity contribution in [3.05, 3.63) is 60.9 Å². The van der Waals surface area contributed by atoms with Crippen molar-refractivity contribution in [2.45, 2.75) is 45.4 Å². The molecule has 0 saturated carbocycles. The Bertz CT molecular complexity index is 1010. The lowest BCUT2D eigenvalue weighted by atomic mass is 10.1. The average Bonchev–Trinajstić information content (AvgIpc) is 2.84. The highest BCUT2D eigenvalue weighted by molar-refractivity contribution is 5.98. The number of nitrogens with one attached hydrogen (secondary N) is 1. The molecule has 1 heterocycles. The number of esters is 2. The highest BCUT2D eigenvalue weighted by Gasteiger charge is 2.27. The number of pyridine rings is 1. The van der Waals surface area contributed by atoms with Gasteiger partial charge in [-0.3, -0.25) is 9.59 Å². The van der Waals surface area contributed by atoms with Crippen molar-refractivity contribution < 1.29 is 38.1 Å². The van der Waals surface area contributed by atoms with Crippen molar-refractivity contribution in [2.24, 2.45) is 0 Å². The van der Waals surface area contributed by atoms with E-state index >= 15 is 0 Å². The van der Waals surface area contributed by atoms with Crippen LogP contribution >= 0.6 is 0 Å². The molecule has 35 heavy (non-hydrogen) atoms. The Morgan fingerprint density at radius 3 is 2.49 bits per heavy atom. The van der Waals surface area contributed by atoms with Crippen LogP contribution in [0.15, 0.2) is 55.3 Å². The number of carbonyl (C=O) groups excluding carboxylic acids is 3. The number of methoxy groups -OCH3 is 1. The summed E-state index contributed by atoms with van der Waals surface area (Å²) in [5, 5.41) is 2.53. The van der Waals surface area contributed by atoms with E-state index < -0.39 is 42.9 Å². The summed E-state index contributed by atoms with van der Waals surface area (Å²) in [4.78, 5) is 40.6. The van der Waals surface area contributed by atoms with Gasteiger partial charge in [0.2, 0.25) is 6.79 Å². The van der Waals surface area contributed by atoms with Gasteiger partial charge in [-0.1, -0.05) is 24.3 Å². The van der Waals surface area contributed by atoms with Gasteiger partial charge in [0.15, 0.2) is 17.2 Å². The van der Waals surface area contributed by atoms with Crippen LogP contribution in [0.5, 0.6) is 17.2 Å². The van der Waals surface area contributed by atoms with Crippen LogP contribution in [0.1, 0.15) is 37.7 Å². The summed E-state index contributed by atoms with van der Waals surface area (Å²) in [5.74, 6) is -1.13.